The Labute approximate surface area is 200 Å². The van der Waals surface area contributed by atoms with E-state index in [1.54, 1.807) is 0 Å². The molecule has 0 amide bonds. The Morgan fingerprint density at radius 3 is 2.32 bits per heavy atom. The maximum absolute atomic E-state index is 13.3. The second-order valence-corrected chi connectivity index (χ2v) is 10.6. The molecule has 7 heteroatoms. The first kappa shape index (κ1) is 22.8. The van der Waals surface area contributed by atoms with Gasteiger partial charge in [-0.3, -0.25) is 9.69 Å². The van der Waals surface area contributed by atoms with Crippen LogP contribution in [0.5, 0.6) is 0 Å². The number of benzene rings is 2. The fourth-order valence-corrected chi connectivity index (χ4v) is 5.67. The number of amidine groups is 1. The molecule has 0 bridgehead atoms. The molecular formula is C27H32FN3O3. The minimum absolute atomic E-state index is 0.220. The van der Waals surface area contributed by atoms with Gasteiger partial charge in [-0.15, -0.1) is 0 Å². The van der Waals surface area contributed by atoms with Crippen molar-refractivity contribution >= 4 is 11.8 Å². The number of nitrogens with zero attached hydrogens (tertiary/aromatic N) is 3. The highest BCUT2D eigenvalue weighted by Crippen LogP contribution is 2.38. The van der Waals surface area contributed by atoms with Crippen LogP contribution in [0, 0.1) is 25.1 Å². The molecule has 0 unspecified atom stereocenters. The van der Waals surface area contributed by atoms with Crippen LogP contribution in [0.25, 0.3) is 11.1 Å². The number of hydrogen-bond donors (Lipinski definition) is 1. The highest BCUT2D eigenvalue weighted by atomic mass is 19.1. The number of oxime groups is 1. The summed E-state index contributed by atoms with van der Waals surface area (Å²) in [5.41, 5.74) is 4.97. The maximum Gasteiger partial charge on any atom is 0.309 e. The van der Waals surface area contributed by atoms with Gasteiger partial charge in [0.25, 0.3) is 0 Å². The van der Waals surface area contributed by atoms with E-state index in [-0.39, 0.29) is 11.4 Å². The quantitative estimate of drug-likeness (QED) is 0.716. The van der Waals surface area contributed by atoms with Gasteiger partial charge in [-0.1, -0.05) is 29.4 Å². The van der Waals surface area contributed by atoms with Gasteiger partial charge in [0, 0.05) is 32.7 Å². The number of aliphatic carboxylic acids is 1. The molecule has 5 rings (SSSR count). The Morgan fingerprint density at radius 2 is 1.74 bits per heavy atom. The molecule has 1 N–H and O–H groups in total. The fraction of sp³-hybridized carbons (Fsp3) is 0.481. The van der Waals surface area contributed by atoms with Crippen molar-refractivity contribution in [2.45, 2.75) is 52.2 Å². The average molecular weight is 466 g/mol. The number of carboxylic acid groups (broad SMARTS) is 1. The van der Waals surface area contributed by atoms with Crippen molar-refractivity contribution in [3.8, 4) is 11.1 Å². The van der Waals surface area contributed by atoms with Crippen LogP contribution >= 0.6 is 0 Å². The van der Waals surface area contributed by atoms with Crippen LogP contribution in [0.2, 0.25) is 0 Å². The van der Waals surface area contributed by atoms with Gasteiger partial charge in [-0.2, -0.15) is 0 Å². The number of carboxylic acids is 1. The lowest BCUT2D eigenvalue weighted by Crippen LogP contribution is -2.61. The summed E-state index contributed by atoms with van der Waals surface area (Å²) in [5.74, 6) is 0.0316. The molecule has 3 heterocycles. The minimum Gasteiger partial charge on any atom is -0.481 e. The number of carbonyl (C=O) groups is 1. The number of piperidine rings is 1. The van der Waals surface area contributed by atoms with Crippen molar-refractivity contribution in [2.24, 2.45) is 10.6 Å². The van der Waals surface area contributed by atoms with E-state index in [2.05, 4.69) is 40.9 Å². The highest BCUT2D eigenvalue weighted by Gasteiger charge is 2.51. The molecule has 3 aliphatic heterocycles. The standard InChI is InChI=1S/C27H32FN3O3/c1-18-12-20(13-19(2)24(18)21-4-6-22(28)7-5-21)15-30-16-27(17-30)14-23(29-34-27)31-10-8-26(3,9-11-31)25(32)33/h4-7,12-13H,8-11,14-17H2,1-3H3,(H,32,33). The molecular weight excluding hydrogens is 433 g/mol. The van der Waals surface area contributed by atoms with Crippen molar-refractivity contribution in [1.82, 2.24) is 9.80 Å². The van der Waals surface area contributed by atoms with Crippen molar-refractivity contribution in [2.75, 3.05) is 26.2 Å². The van der Waals surface area contributed by atoms with Gasteiger partial charge < -0.3 is 14.8 Å². The van der Waals surface area contributed by atoms with E-state index in [4.69, 9.17) is 4.84 Å². The zero-order valence-electron chi connectivity index (χ0n) is 20.1. The van der Waals surface area contributed by atoms with Crippen molar-refractivity contribution < 1.29 is 19.1 Å². The third-order valence-corrected chi connectivity index (χ3v) is 7.73. The lowest BCUT2D eigenvalue weighted by atomic mass is 9.80. The Balaban J connectivity index is 1.17. The normalized spacial score (nSPS) is 21.2. The van der Waals surface area contributed by atoms with E-state index in [0.29, 0.717) is 25.9 Å². The Kier molecular flexibility index (Phi) is 5.63. The van der Waals surface area contributed by atoms with Gasteiger partial charge in [0.1, 0.15) is 11.7 Å². The van der Waals surface area contributed by atoms with Gasteiger partial charge in [0.2, 0.25) is 0 Å². The summed E-state index contributed by atoms with van der Waals surface area (Å²) in [5, 5.41) is 13.8. The van der Waals surface area contributed by atoms with Crippen molar-refractivity contribution in [3.63, 3.8) is 0 Å². The van der Waals surface area contributed by atoms with E-state index in [0.717, 1.165) is 37.5 Å². The van der Waals surface area contributed by atoms with Crippen molar-refractivity contribution in [1.29, 1.82) is 0 Å². The fourth-order valence-electron chi connectivity index (χ4n) is 5.67. The second kappa shape index (κ2) is 8.38. The first-order chi connectivity index (χ1) is 16.2. The van der Waals surface area contributed by atoms with Crippen LogP contribution in [0.3, 0.4) is 0 Å². The van der Waals surface area contributed by atoms with E-state index in [1.807, 2.05) is 19.1 Å². The first-order valence-electron chi connectivity index (χ1n) is 12.0. The summed E-state index contributed by atoms with van der Waals surface area (Å²) in [6.07, 6.45) is 2.05. The van der Waals surface area contributed by atoms with Gasteiger partial charge in [-0.05, 0) is 73.6 Å². The number of hydrogen-bond acceptors (Lipinski definition) is 5. The highest BCUT2D eigenvalue weighted by molar-refractivity contribution is 5.85. The van der Waals surface area contributed by atoms with E-state index in [9.17, 15) is 14.3 Å². The summed E-state index contributed by atoms with van der Waals surface area (Å²) in [7, 11) is 0. The second-order valence-electron chi connectivity index (χ2n) is 10.6. The zero-order chi connectivity index (χ0) is 24.1. The molecule has 0 saturated carbocycles. The number of rotatable bonds is 4. The molecule has 180 valence electrons. The molecule has 0 atom stereocenters. The van der Waals surface area contributed by atoms with E-state index < -0.39 is 11.4 Å². The predicted octanol–water partition coefficient (Wildman–Crippen LogP) is 4.58. The van der Waals surface area contributed by atoms with Crippen LogP contribution in [-0.4, -0.2) is 58.5 Å². The molecule has 3 aliphatic rings. The Bertz CT molecular complexity index is 1110. The summed E-state index contributed by atoms with van der Waals surface area (Å²) >= 11 is 0. The smallest absolute Gasteiger partial charge is 0.309 e. The summed E-state index contributed by atoms with van der Waals surface area (Å²) < 4.78 is 13.3. The molecule has 2 saturated heterocycles. The summed E-state index contributed by atoms with van der Waals surface area (Å²) in [4.78, 5) is 22.0. The maximum atomic E-state index is 13.3. The summed E-state index contributed by atoms with van der Waals surface area (Å²) in [6.45, 7) is 10.00. The van der Waals surface area contributed by atoms with E-state index in [1.165, 1.54) is 34.4 Å². The molecule has 0 aliphatic carbocycles. The van der Waals surface area contributed by atoms with E-state index >= 15 is 0 Å². The van der Waals surface area contributed by atoms with Gasteiger partial charge in [0.05, 0.1) is 11.8 Å². The SMILES string of the molecule is Cc1cc(CN2CC3(CC(N4CCC(C)(C(=O)O)CC4)=NO3)C2)cc(C)c1-c1ccc(F)cc1. The lowest BCUT2D eigenvalue weighted by Gasteiger charge is -2.45. The van der Waals surface area contributed by atoms with Gasteiger partial charge in [-0.25, -0.2) is 4.39 Å². The van der Waals surface area contributed by atoms with Crippen LogP contribution in [0.1, 0.15) is 42.9 Å². The monoisotopic (exact) mass is 465 g/mol. The van der Waals surface area contributed by atoms with Gasteiger partial charge in [0.15, 0.2) is 5.60 Å². The Hall–Kier alpha value is -2.93. The molecule has 34 heavy (non-hydrogen) atoms. The third kappa shape index (κ3) is 4.17. The average Bonchev–Trinajstić information content (AvgIpc) is 3.20. The number of aryl methyl sites for hydroxylation is 2. The molecule has 1 spiro atoms. The topological polar surface area (TPSA) is 65.4 Å². The largest absolute Gasteiger partial charge is 0.481 e. The first-order valence-corrected chi connectivity index (χ1v) is 12.0. The van der Waals surface area contributed by atoms with Crippen LogP contribution in [0.4, 0.5) is 4.39 Å². The number of likely N-dealkylation sites (tertiary alicyclic amines) is 2. The van der Waals surface area contributed by atoms with Crippen LogP contribution in [-0.2, 0) is 16.2 Å². The number of halogens is 1. The zero-order valence-corrected chi connectivity index (χ0v) is 20.1. The lowest BCUT2D eigenvalue weighted by molar-refractivity contribution is -0.150. The minimum atomic E-state index is -0.709. The molecule has 2 fully saturated rings. The molecule has 6 nitrogen and oxygen atoms in total. The van der Waals surface area contributed by atoms with Gasteiger partial charge >= 0.3 is 5.97 Å². The summed E-state index contributed by atoms with van der Waals surface area (Å²) in [6, 6.07) is 11.1. The third-order valence-electron chi connectivity index (χ3n) is 7.73. The predicted molar refractivity (Wildman–Crippen MR) is 129 cm³/mol. The van der Waals surface area contributed by atoms with Crippen LogP contribution < -0.4 is 0 Å². The molecule has 0 radical (unpaired) electrons. The molecule has 2 aromatic carbocycles. The van der Waals surface area contributed by atoms with Crippen molar-refractivity contribution in [3.05, 3.63) is 58.9 Å². The Morgan fingerprint density at radius 1 is 1.12 bits per heavy atom. The molecule has 2 aromatic rings. The molecule has 0 aromatic heterocycles. The van der Waals surface area contributed by atoms with Crippen LogP contribution in [0.15, 0.2) is 41.6 Å².